The van der Waals surface area contributed by atoms with Crippen LogP contribution < -0.4 is 14.8 Å². The summed E-state index contributed by atoms with van der Waals surface area (Å²) in [5.41, 5.74) is 0.761. The van der Waals surface area contributed by atoms with E-state index in [9.17, 15) is 17.6 Å². The lowest BCUT2D eigenvalue weighted by atomic mass is 9.98. The predicted molar refractivity (Wildman–Crippen MR) is 109 cm³/mol. The van der Waals surface area contributed by atoms with Crippen LogP contribution in [0.4, 0.5) is 4.39 Å². The van der Waals surface area contributed by atoms with E-state index < -0.39 is 21.8 Å². The summed E-state index contributed by atoms with van der Waals surface area (Å²) in [4.78, 5) is 12.7. The first kappa shape index (κ1) is 22.0. The van der Waals surface area contributed by atoms with Gasteiger partial charge in [-0.3, -0.25) is 4.79 Å². The van der Waals surface area contributed by atoms with Gasteiger partial charge < -0.3 is 14.8 Å². The number of carbonyl (C=O) groups excluding carboxylic acids is 1. The number of nitrogens with one attached hydrogen (secondary N) is 1. The van der Waals surface area contributed by atoms with Crippen LogP contribution in [-0.2, 0) is 21.4 Å². The highest BCUT2D eigenvalue weighted by Gasteiger charge is 2.33. The van der Waals surface area contributed by atoms with Gasteiger partial charge in [0.25, 0.3) is 0 Å². The summed E-state index contributed by atoms with van der Waals surface area (Å²) < 4.78 is 50.6. The van der Waals surface area contributed by atoms with Gasteiger partial charge in [0.15, 0.2) is 0 Å². The van der Waals surface area contributed by atoms with Crippen LogP contribution in [0.25, 0.3) is 0 Å². The van der Waals surface area contributed by atoms with Crippen molar-refractivity contribution in [3.05, 3.63) is 53.8 Å². The number of carbonyl (C=O) groups is 1. The molecule has 0 spiro atoms. The summed E-state index contributed by atoms with van der Waals surface area (Å²) in [6.45, 7) is 0.647. The van der Waals surface area contributed by atoms with Gasteiger partial charge >= 0.3 is 0 Å². The fraction of sp³-hybridized carbons (Fsp3) is 0.381. The monoisotopic (exact) mass is 436 g/mol. The number of nitrogens with zero attached hydrogens (tertiary/aromatic N) is 1. The molecule has 0 aromatic heterocycles. The molecule has 1 fully saturated rings. The molecule has 1 heterocycles. The maximum absolute atomic E-state index is 13.1. The Bertz CT molecular complexity index is 995. The molecule has 1 saturated heterocycles. The first-order valence-electron chi connectivity index (χ1n) is 9.59. The number of benzene rings is 2. The number of ether oxygens (including phenoxy) is 2. The maximum atomic E-state index is 13.1. The van der Waals surface area contributed by atoms with Crippen LogP contribution in [0.5, 0.6) is 11.5 Å². The molecule has 1 aliphatic rings. The largest absolute Gasteiger partial charge is 0.497 e. The van der Waals surface area contributed by atoms with Gasteiger partial charge in [0.2, 0.25) is 15.9 Å². The second-order valence-electron chi connectivity index (χ2n) is 7.05. The lowest BCUT2D eigenvalue weighted by molar-refractivity contribution is -0.126. The van der Waals surface area contributed by atoms with Gasteiger partial charge in [-0.15, -0.1) is 0 Å². The second-order valence-corrected chi connectivity index (χ2v) is 8.99. The third-order valence-electron chi connectivity index (χ3n) is 5.15. The van der Waals surface area contributed by atoms with Crippen molar-refractivity contribution in [1.29, 1.82) is 0 Å². The second kappa shape index (κ2) is 9.44. The molecule has 9 heteroatoms. The minimum absolute atomic E-state index is 0.0195. The Labute approximate surface area is 175 Å². The van der Waals surface area contributed by atoms with Gasteiger partial charge in [0.1, 0.15) is 17.3 Å². The summed E-state index contributed by atoms with van der Waals surface area (Å²) >= 11 is 0. The lowest BCUT2D eigenvalue weighted by Gasteiger charge is -2.31. The van der Waals surface area contributed by atoms with E-state index >= 15 is 0 Å². The number of amides is 1. The standard InChI is InChI=1S/C21H25FN2O5S/c1-28-18-7-10-20(29-2)16(12-18)13-23-21(25)15-4-3-11-24(14-15)30(26,27)19-8-5-17(22)6-9-19/h5-10,12,15H,3-4,11,13-14H2,1-2H3,(H,23,25). The minimum Gasteiger partial charge on any atom is -0.497 e. The minimum atomic E-state index is -3.78. The van der Waals surface area contributed by atoms with Crippen molar-refractivity contribution in [1.82, 2.24) is 9.62 Å². The highest BCUT2D eigenvalue weighted by atomic mass is 32.2. The summed E-state index contributed by atoms with van der Waals surface area (Å²) in [7, 11) is -0.676. The summed E-state index contributed by atoms with van der Waals surface area (Å²) in [5.74, 6) is 0.0804. The van der Waals surface area contributed by atoms with E-state index in [0.717, 1.165) is 17.7 Å². The Morgan fingerprint density at radius 1 is 1.17 bits per heavy atom. The Hall–Kier alpha value is -2.65. The molecule has 1 unspecified atom stereocenters. The number of rotatable bonds is 7. The molecule has 1 N–H and O–H groups in total. The third-order valence-corrected chi connectivity index (χ3v) is 7.03. The average Bonchev–Trinajstić information content (AvgIpc) is 2.77. The zero-order valence-corrected chi connectivity index (χ0v) is 17.7. The van der Waals surface area contributed by atoms with Crippen LogP contribution in [-0.4, -0.2) is 45.9 Å². The first-order valence-corrected chi connectivity index (χ1v) is 11.0. The fourth-order valence-corrected chi connectivity index (χ4v) is 5.00. The summed E-state index contributed by atoms with van der Waals surface area (Å²) in [6.07, 6.45) is 1.16. The Morgan fingerprint density at radius 2 is 1.90 bits per heavy atom. The van der Waals surface area contributed by atoms with E-state index in [1.54, 1.807) is 32.4 Å². The van der Waals surface area contributed by atoms with Gasteiger partial charge in [0.05, 0.1) is 25.0 Å². The van der Waals surface area contributed by atoms with E-state index in [2.05, 4.69) is 5.32 Å². The highest BCUT2D eigenvalue weighted by Crippen LogP contribution is 2.26. The van der Waals surface area contributed by atoms with Gasteiger partial charge in [-0.2, -0.15) is 4.31 Å². The van der Waals surface area contributed by atoms with Crippen LogP contribution in [0.15, 0.2) is 47.4 Å². The number of piperidine rings is 1. The van der Waals surface area contributed by atoms with E-state index in [4.69, 9.17) is 9.47 Å². The molecule has 30 heavy (non-hydrogen) atoms. The molecular formula is C21H25FN2O5S. The molecule has 1 atom stereocenters. The average molecular weight is 437 g/mol. The molecule has 1 amide bonds. The quantitative estimate of drug-likeness (QED) is 0.721. The summed E-state index contributed by atoms with van der Waals surface area (Å²) in [5, 5.41) is 2.87. The zero-order chi connectivity index (χ0) is 21.7. The van der Waals surface area contributed by atoms with Crippen molar-refractivity contribution in [2.45, 2.75) is 24.3 Å². The third kappa shape index (κ3) is 4.91. The van der Waals surface area contributed by atoms with Crippen LogP contribution in [0, 0.1) is 11.7 Å². The van der Waals surface area contributed by atoms with E-state index in [1.807, 2.05) is 0 Å². The van der Waals surface area contributed by atoms with Gasteiger partial charge in [-0.1, -0.05) is 0 Å². The Kier molecular flexibility index (Phi) is 6.94. The van der Waals surface area contributed by atoms with E-state index in [1.165, 1.54) is 16.4 Å². The first-order chi connectivity index (χ1) is 14.3. The molecule has 3 rings (SSSR count). The van der Waals surface area contributed by atoms with Crippen molar-refractivity contribution in [3.8, 4) is 11.5 Å². The van der Waals surface area contributed by atoms with Crippen LogP contribution in [0.1, 0.15) is 18.4 Å². The molecule has 7 nitrogen and oxygen atoms in total. The normalized spacial score (nSPS) is 17.4. The van der Waals surface area contributed by atoms with Crippen molar-refractivity contribution in [2.75, 3.05) is 27.3 Å². The molecule has 2 aromatic carbocycles. The van der Waals surface area contributed by atoms with Crippen molar-refractivity contribution < 1.29 is 27.1 Å². The van der Waals surface area contributed by atoms with E-state index in [-0.39, 0.29) is 23.9 Å². The Balaban J connectivity index is 1.67. The molecule has 0 bridgehead atoms. The number of sulfonamides is 1. The fourth-order valence-electron chi connectivity index (χ4n) is 3.48. The molecule has 0 radical (unpaired) electrons. The molecule has 0 aliphatic carbocycles. The molecule has 0 saturated carbocycles. The SMILES string of the molecule is COc1ccc(OC)c(CNC(=O)C2CCCN(S(=O)(=O)c3ccc(F)cc3)C2)c1. The smallest absolute Gasteiger partial charge is 0.243 e. The zero-order valence-electron chi connectivity index (χ0n) is 16.9. The van der Waals surface area contributed by atoms with Crippen molar-refractivity contribution in [2.24, 2.45) is 5.92 Å². The topological polar surface area (TPSA) is 84.9 Å². The van der Waals surface area contributed by atoms with Gasteiger partial charge in [-0.25, -0.2) is 12.8 Å². The van der Waals surface area contributed by atoms with Crippen LogP contribution >= 0.6 is 0 Å². The van der Waals surface area contributed by atoms with Gasteiger partial charge in [0, 0.05) is 25.2 Å². The lowest BCUT2D eigenvalue weighted by Crippen LogP contribution is -2.45. The van der Waals surface area contributed by atoms with Crippen LogP contribution in [0.3, 0.4) is 0 Å². The number of methoxy groups -OCH3 is 2. The maximum Gasteiger partial charge on any atom is 0.243 e. The molecule has 2 aromatic rings. The van der Waals surface area contributed by atoms with Crippen molar-refractivity contribution in [3.63, 3.8) is 0 Å². The molecule has 162 valence electrons. The molecule has 1 aliphatic heterocycles. The number of hydrogen-bond acceptors (Lipinski definition) is 5. The Morgan fingerprint density at radius 3 is 2.57 bits per heavy atom. The van der Waals surface area contributed by atoms with Gasteiger partial charge in [-0.05, 0) is 55.3 Å². The van der Waals surface area contributed by atoms with E-state index in [0.29, 0.717) is 30.9 Å². The number of hydrogen-bond donors (Lipinski definition) is 1. The predicted octanol–water partition coefficient (Wildman–Crippen LogP) is 2.56. The van der Waals surface area contributed by atoms with Crippen molar-refractivity contribution >= 4 is 15.9 Å². The highest BCUT2D eigenvalue weighted by molar-refractivity contribution is 7.89. The summed E-state index contributed by atoms with van der Waals surface area (Å²) in [6, 6.07) is 10.0. The molecular weight excluding hydrogens is 411 g/mol. The van der Waals surface area contributed by atoms with Crippen LogP contribution in [0.2, 0.25) is 0 Å². The number of halogens is 1.